The van der Waals surface area contributed by atoms with Crippen molar-refractivity contribution >= 4 is 22.9 Å². The fourth-order valence-corrected chi connectivity index (χ4v) is 4.10. The van der Waals surface area contributed by atoms with E-state index < -0.39 is 0 Å². The summed E-state index contributed by atoms with van der Waals surface area (Å²) < 4.78 is 0.875. The van der Waals surface area contributed by atoms with Crippen LogP contribution in [-0.2, 0) is 6.54 Å². The number of nitrogens with zero attached hydrogens (tertiary/aromatic N) is 2. The van der Waals surface area contributed by atoms with Crippen LogP contribution in [0, 0.1) is 5.92 Å². The number of rotatable bonds is 6. The molecule has 1 aromatic heterocycles. The van der Waals surface area contributed by atoms with Crippen LogP contribution in [0.5, 0.6) is 0 Å². The predicted octanol–water partition coefficient (Wildman–Crippen LogP) is 2.93. The summed E-state index contributed by atoms with van der Waals surface area (Å²) in [5.74, 6) is 0.778. The molecule has 20 heavy (non-hydrogen) atoms. The average molecular weight is 317 g/mol. The van der Waals surface area contributed by atoms with Gasteiger partial charge in [-0.1, -0.05) is 11.6 Å². The molecular weight excluding hydrogens is 292 g/mol. The molecule has 2 rings (SSSR count). The summed E-state index contributed by atoms with van der Waals surface area (Å²) in [6.07, 6.45) is 2.27. The van der Waals surface area contributed by atoms with Crippen LogP contribution in [0.3, 0.4) is 0 Å². The summed E-state index contributed by atoms with van der Waals surface area (Å²) >= 11 is 7.64. The monoisotopic (exact) mass is 316 g/mol. The Bertz CT molecular complexity index is 402. The Morgan fingerprint density at radius 1 is 1.45 bits per heavy atom. The first-order chi connectivity index (χ1) is 9.52. The lowest BCUT2D eigenvalue weighted by atomic mass is 9.96. The summed E-state index contributed by atoms with van der Waals surface area (Å²) in [7, 11) is 2.19. The molecule has 0 radical (unpaired) electrons. The van der Waals surface area contributed by atoms with Gasteiger partial charge in [-0.3, -0.25) is 0 Å². The second-order valence-corrected chi connectivity index (χ2v) is 7.80. The maximum atomic E-state index is 9.42. The van der Waals surface area contributed by atoms with E-state index in [1.807, 2.05) is 13.0 Å². The highest BCUT2D eigenvalue weighted by atomic mass is 35.5. The lowest BCUT2D eigenvalue weighted by molar-refractivity contribution is 0.0920. The number of hydrogen-bond acceptors (Lipinski definition) is 4. The van der Waals surface area contributed by atoms with E-state index in [4.69, 9.17) is 11.6 Å². The normalized spacial score (nSPS) is 19.6. The van der Waals surface area contributed by atoms with Crippen LogP contribution in [0.1, 0.15) is 24.6 Å². The van der Waals surface area contributed by atoms with Gasteiger partial charge in [0.1, 0.15) is 0 Å². The molecule has 0 saturated carbocycles. The van der Waals surface area contributed by atoms with Gasteiger partial charge < -0.3 is 14.9 Å². The summed E-state index contributed by atoms with van der Waals surface area (Å²) in [5.41, 5.74) is 0. The van der Waals surface area contributed by atoms with Gasteiger partial charge in [0.15, 0.2) is 0 Å². The van der Waals surface area contributed by atoms with E-state index in [0.717, 1.165) is 43.0 Å². The fraction of sp³-hybridized carbons (Fsp3) is 0.733. The van der Waals surface area contributed by atoms with Gasteiger partial charge in [-0.05, 0) is 58.0 Å². The SMILES string of the molecule is C[C@H](O)CN1CCC(CN(C)Cc2ccc(Cl)s2)CC1. The molecule has 5 heteroatoms. The first-order valence-electron chi connectivity index (χ1n) is 7.36. The Morgan fingerprint density at radius 2 is 2.15 bits per heavy atom. The third-order valence-corrected chi connectivity index (χ3v) is 5.07. The smallest absolute Gasteiger partial charge is 0.0931 e. The van der Waals surface area contributed by atoms with E-state index in [9.17, 15) is 5.11 Å². The van der Waals surface area contributed by atoms with E-state index >= 15 is 0 Å². The Balaban J connectivity index is 1.69. The topological polar surface area (TPSA) is 26.7 Å². The van der Waals surface area contributed by atoms with Crippen LogP contribution < -0.4 is 0 Å². The average Bonchev–Trinajstić information content (AvgIpc) is 2.76. The highest BCUT2D eigenvalue weighted by Crippen LogP contribution is 2.24. The van der Waals surface area contributed by atoms with Crippen LogP contribution in [0.4, 0.5) is 0 Å². The number of hydrogen-bond donors (Lipinski definition) is 1. The van der Waals surface area contributed by atoms with Crippen molar-refractivity contribution in [2.24, 2.45) is 5.92 Å². The molecule has 0 unspecified atom stereocenters. The standard InChI is InChI=1S/C15H25ClN2OS/c1-12(19)9-18-7-5-13(6-8-18)10-17(2)11-14-3-4-15(16)20-14/h3-4,12-13,19H,5-11H2,1-2H3/t12-/m0/s1. The first kappa shape index (κ1) is 16.2. The van der Waals surface area contributed by atoms with Gasteiger partial charge in [0.05, 0.1) is 10.4 Å². The van der Waals surface area contributed by atoms with Crippen molar-refractivity contribution in [2.75, 3.05) is 33.2 Å². The largest absolute Gasteiger partial charge is 0.392 e. The number of β-amino-alcohol motifs (C(OH)–C–C–N with tert-alkyl or cyclic N) is 1. The van der Waals surface area contributed by atoms with Crippen molar-refractivity contribution in [3.8, 4) is 0 Å². The van der Waals surface area contributed by atoms with E-state index in [-0.39, 0.29) is 6.10 Å². The molecular formula is C15H25ClN2OS. The summed E-state index contributed by atoms with van der Waals surface area (Å²) in [4.78, 5) is 6.11. The Morgan fingerprint density at radius 3 is 2.70 bits per heavy atom. The van der Waals surface area contributed by atoms with Crippen LogP contribution in [0.2, 0.25) is 4.34 Å². The van der Waals surface area contributed by atoms with E-state index in [1.54, 1.807) is 11.3 Å². The van der Waals surface area contributed by atoms with Crippen LogP contribution in [-0.4, -0.2) is 54.2 Å². The molecule has 1 saturated heterocycles. The number of aliphatic hydroxyl groups is 1. The molecule has 0 aliphatic carbocycles. The molecule has 0 bridgehead atoms. The second kappa shape index (κ2) is 7.76. The number of aliphatic hydroxyl groups excluding tert-OH is 1. The molecule has 1 aromatic rings. The molecule has 1 atom stereocenters. The predicted molar refractivity (Wildman–Crippen MR) is 86.5 cm³/mol. The van der Waals surface area contributed by atoms with Gasteiger partial charge in [0.2, 0.25) is 0 Å². The summed E-state index contributed by atoms with van der Waals surface area (Å²) in [5, 5.41) is 9.42. The highest BCUT2D eigenvalue weighted by Gasteiger charge is 2.21. The zero-order valence-electron chi connectivity index (χ0n) is 12.4. The highest BCUT2D eigenvalue weighted by molar-refractivity contribution is 7.16. The third kappa shape index (κ3) is 5.34. The molecule has 1 aliphatic heterocycles. The molecule has 1 N–H and O–H groups in total. The van der Waals surface area contributed by atoms with Crippen LogP contribution in [0.15, 0.2) is 12.1 Å². The molecule has 0 aromatic carbocycles. The maximum Gasteiger partial charge on any atom is 0.0931 e. The fourth-order valence-electron chi connectivity index (χ4n) is 2.93. The maximum absolute atomic E-state index is 9.42. The van der Waals surface area contributed by atoms with Crippen LogP contribution >= 0.6 is 22.9 Å². The second-order valence-electron chi connectivity index (χ2n) is 6.00. The Hall–Kier alpha value is -0.130. The minimum absolute atomic E-state index is 0.210. The van der Waals surface area contributed by atoms with Crippen molar-refractivity contribution in [2.45, 2.75) is 32.4 Å². The van der Waals surface area contributed by atoms with Gasteiger partial charge in [-0.2, -0.15) is 0 Å². The van der Waals surface area contributed by atoms with E-state index in [0.29, 0.717) is 0 Å². The summed E-state index contributed by atoms with van der Waals surface area (Å²) in [6, 6.07) is 4.10. The van der Waals surface area contributed by atoms with Crippen molar-refractivity contribution in [3.63, 3.8) is 0 Å². The minimum atomic E-state index is -0.210. The molecule has 0 spiro atoms. The van der Waals surface area contributed by atoms with Crippen molar-refractivity contribution in [1.29, 1.82) is 0 Å². The quantitative estimate of drug-likeness (QED) is 0.874. The Labute approximate surface area is 131 Å². The van der Waals surface area contributed by atoms with Crippen LogP contribution in [0.25, 0.3) is 0 Å². The van der Waals surface area contributed by atoms with Gasteiger partial charge in [-0.15, -0.1) is 11.3 Å². The minimum Gasteiger partial charge on any atom is -0.392 e. The van der Waals surface area contributed by atoms with E-state index in [1.165, 1.54) is 17.7 Å². The summed E-state index contributed by atoms with van der Waals surface area (Å²) in [6.45, 7) is 7.06. The van der Waals surface area contributed by atoms with E-state index in [2.05, 4.69) is 22.9 Å². The number of thiophene rings is 1. The molecule has 1 fully saturated rings. The Kier molecular flexibility index (Phi) is 6.30. The number of piperidine rings is 1. The first-order valence-corrected chi connectivity index (χ1v) is 8.55. The lowest BCUT2D eigenvalue weighted by Crippen LogP contribution is -2.40. The van der Waals surface area contributed by atoms with Gasteiger partial charge in [0.25, 0.3) is 0 Å². The van der Waals surface area contributed by atoms with Crippen molar-refractivity contribution in [1.82, 2.24) is 9.80 Å². The number of likely N-dealkylation sites (tertiary alicyclic amines) is 1. The zero-order chi connectivity index (χ0) is 14.5. The van der Waals surface area contributed by atoms with Crippen molar-refractivity contribution in [3.05, 3.63) is 21.3 Å². The third-order valence-electron chi connectivity index (χ3n) is 3.85. The number of halogens is 1. The lowest BCUT2D eigenvalue weighted by Gasteiger charge is -2.34. The van der Waals surface area contributed by atoms with Crippen molar-refractivity contribution < 1.29 is 5.11 Å². The molecule has 2 heterocycles. The van der Waals surface area contributed by atoms with Gasteiger partial charge in [0, 0.05) is 24.5 Å². The molecule has 1 aliphatic rings. The molecule has 3 nitrogen and oxygen atoms in total. The molecule has 0 amide bonds. The van der Waals surface area contributed by atoms with Gasteiger partial charge in [-0.25, -0.2) is 0 Å². The molecule has 114 valence electrons. The van der Waals surface area contributed by atoms with Gasteiger partial charge >= 0.3 is 0 Å². The zero-order valence-corrected chi connectivity index (χ0v) is 14.0.